The number of amides is 2. The van der Waals surface area contributed by atoms with Crippen molar-refractivity contribution in [1.82, 2.24) is 20.1 Å². The van der Waals surface area contributed by atoms with E-state index >= 15 is 0 Å². The van der Waals surface area contributed by atoms with Crippen molar-refractivity contribution in [2.24, 2.45) is 16.7 Å². The summed E-state index contributed by atoms with van der Waals surface area (Å²) in [7, 11) is 0. The van der Waals surface area contributed by atoms with Crippen LogP contribution in [0.4, 0.5) is 10.1 Å². The molecular weight excluding hydrogens is 529 g/mol. The van der Waals surface area contributed by atoms with Crippen molar-refractivity contribution in [2.45, 2.75) is 39.7 Å². The Balaban J connectivity index is 1.27. The Morgan fingerprint density at radius 1 is 1.02 bits per heavy atom. The molecule has 204 valence electrons. The minimum absolute atomic E-state index is 0.0193. The molecule has 1 unspecified atom stereocenters. The highest BCUT2D eigenvalue weighted by molar-refractivity contribution is 6.34. The third-order valence-electron chi connectivity index (χ3n) is 8.77. The molecule has 2 fully saturated rings. The molecule has 2 heterocycles. The molecule has 2 aliphatic carbocycles. The van der Waals surface area contributed by atoms with Gasteiger partial charge in [0.25, 0.3) is 11.8 Å². The number of hydrogen-bond donors (Lipinski definition) is 2. The van der Waals surface area contributed by atoms with E-state index in [0.29, 0.717) is 39.3 Å². The lowest BCUT2D eigenvalue weighted by atomic mass is 9.35. The number of carbonyl (C=O) groups is 2. The monoisotopic (exact) mass is 557 g/mol. The molecule has 2 aromatic carbocycles. The molecule has 0 aliphatic heterocycles. The number of nitrogens with zero attached hydrogens (tertiary/aromatic N) is 3. The second-order valence-electron chi connectivity index (χ2n) is 11.5. The molecule has 2 aliphatic rings. The van der Waals surface area contributed by atoms with Crippen LogP contribution in [-0.2, 0) is 0 Å². The van der Waals surface area contributed by atoms with Gasteiger partial charge in [0.1, 0.15) is 11.5 Å². The lowest BCUT2D eigenvalue weighted by Crippen LogP contribution is -2.75. The SMILES string of the molecule is CC1(C)C2CC[C@]2(C)[C@H]1NC(=O)c1cc(NC(=O)c2cn(-c3ccccn3)nc2-c2ccc(F)cc2)ccc1Cl. The highest BCUT2D eigenvalue weighted by Crippen LogP contribution is 2.69. The highest BCUT2D eigenvalue weighted by atomic mass is 35.5. The van der Waals surface area contributed by atoms with Crippen LogP contribution >= 0.6 is 11.6 Å². The number of aromatic nitrogens is 3. The van der Waals surface area contributed by atoms with Crippen LogP contribution in [0.25, 0.3) is 17.1 Å². The first kappa shape index (κ1) is 26.2. The number of fused-ring (bicyclic) bond motifs is 1. The van der Waals surface area contributed by atoms with Crippen LogP contribution in [0.1, 0.15) is 54.3 Å². The normalized spacial score (nSPS) is 22.4. The van der Waals surface area contributed by atoms with E-state index in [1.54, 1.807) is 54.9 Å². The average Bonchev–Trinajstić information content (AvgIpc) is 3.38. The van der Waals surface area contributed by atoms with Crippen molar-refractivity contribution >= 4 is 29.1 Å². The molecule has 0 spiro atoms. The Bertz CT molecular complexity index is 1610. The zero-order valence-electron chi connectivity index (χ0n) is 22.4. The van der Waals surface area contributed by atoms with Crippen molar-refractivity contribution in [1.29, 1.82) is 0 Å². The summed E-state index contributed by atoms with van der Waals surface area (Å²) in [6, 6.07) is 16.0. The van der Waals surface area contributed by atoms with Gasteiger partial charge >= 0.3 is 0 Å². The number of pyridine rings is 1. The van der Waals surface area contributed by atoms with Crippen LogP contribution < -0.4 is 10.6 Å². The van der Waals surface area contributed by atoms with Gasteiger partial charge in [0.2, 0.25) is 0 Å². The Hall–Kier alpha value is -4.04. The van der Waals surface area contributed by atoms with Crippen molar-refractivity contribution in [3.05, 3.63) is 95.0 Å². The number of halogens is 2. The lowest BCUT2D eigenvalue weighted by Gasteiger charge is -2.72. The first-order valence-electron chi connectivity index (χ1n) is 13.3. The fraction of sp³-hybridized carbons (Fsp3) is 0.290. The largest absolute Gasteiger partial charge is 0.348 e. The lowest BCUT2D eigenvalue weighted by molar-refractivity contribution is -0.204. The Morgan fingerprint density at radius 3 is 2.45 bits per heavy atom. The third-order valence-corrected chi connectivity index (χ3v) is 9.10. The fourth-order valence-corrected chi connectivity index (χ4v) is 6.97. The van der Waals surface area contributed by atoms with Gasteiger partial charge in [-0.15, -0.1) is 0 Å². The second-order valence-corrected chi connectivity index (χ2v) is 11.9. The molecule has 2 saturated carbocycles. The van der Waals surface area contributed by atoms with Crippen molar-refractivity contribution in [3.63, 3.8) is 0 Å². The zero-order chi connectivity index (χ0) is 28.2. The Labute approximate surface area is 236 Å². The molecule has 9 heteroatoms. The van der Waals surface area contributed by atoms with E-state index < -0.39 is 11.7 Å². The number of benzene rings is 2. The number of nitrogens with one attached hydrogen (secondary N) is 2. The molecule has 6 rings (SSSR count). The van der Waals surface area contributed by atoms with Gasteiger partial charge in [0.05, 0.1) is 16.1 Å². The topological polar surface area (TPSA) is 88.9 Å². The Kier molecular flexibility index (Phi) is 6.26. The van der Waals surface area contributed by atoms with Gasteiger partial charge in [-0.2, -0.15) is 5.10 Å². The van der Waals surface area contributed by atoms with E-state index in [1.165, 1.54) is 23.2 Å². The Morgan fingerprint density at radius 2 is 1.80 bits per heavy atom. The maximum Gasteiger partial charge on any atom is 0.259 e. The van der Waals surface area contributed by atoms with Crippen LogP contribution in [-0.4, -0.2) is 32.6 Å². The molecule has 0 saturated heterocycles. The maximum atomic E-state index is 13.6. The number of anilines is 1. The summed E-state index contributed by atoms with van der Waals surface area (Å²) >= 11 is 6.44. The van der Waals surface area contributed by atoms with Crippen LogP contribution in [0.3, 0.4) is 0 Å². The van der Waals surface area contributed by atoms with Gasteiger partial charge < -0.3 is 10.6 Å². The smallest absolute Gasteiger partial charge is 0.259 e. The summed E-state index contributed by atoms with van der Waals surface area (Å²) < 4.78 is 15.1. The molecule has 0 radical (unpaired) electrons. The molecule has 7 nitrogen and oxygen atoms in total. The van der Waals surface area contributed by atoms with E-state index in [-0.39, 0.29) is 28.3 Å². The summed E-state index contributed by atoms with van der Waals surface area (Å²) in [6.07, 6.45) is 5.49. The van der Waals surface area contributed by atoms with Crippen LogP contribution in [0.2, 0.25) is 5.02 Å². The molecule has 2 N–H and O–H groups in total. The second kappa shape index (κ2) is 9.55. The summed E-state index contributed by atoms with van der Waals surface area (Å²) in [5.74, 6) is 0.0317. The predicted octanol–water partition coefficient (Wildman–Crippen LogP) is 6.53. The average molecular weight is 558 g/mol. The predicted molar refractivity (Wildman–Crippen MR) is 152 cm³/mol. The molecule has 2 aromatic heterocycles. The number of rotatable bonds is 6. The maximum absolute atomic E-state index is 13.6. The summed E-state index contributed by atoms with van der Waals surface area (Å²) in [5.41, 5.74) is 2.04. The standard InChI is InChI=1S/C31H29ClFN5O2/c1-30(2)24-13-14-31(24,3)29(30)36-27(39)21-16-20(11-12-23(21)32)35-28(40)22-17-38(25-6-4-5-15-34-25)37-26(22)18-7-9-19(33)10-8-18/h4-12,15-17,24,29H,13-14H2,1-3H3,(H,35,40)(H,36,39)/t24?,29-,31-/m0/s1. The van der Waals surface area contributed by atoms with Crippen molar-refractivity contribution in [2.75, 3.05) is 5.32 Å². The quantitative estimate of drug-likeness (QED) is 0.282. The number of carbonyl (C=O) groups excluding carboxylic acids is 2. The van der Waals surface area contributed by atoms with Crippen LogP contribution in [0, 0.1) is 22.6 Å². The summed E-state index contributed by atoms with van der Waals surface area (Å²) in [6.45, 7) is 6.64. The van der Waals surface area contributed by atoms with Gasteiger partial charge in [-0.25, -0.2) is 14.1 Å². The van der Waals surface area contributed by atoms with Gasteiger partial charge in [0, 0.05) is 29.7 Å². The molecular formula is C31H29ClFN5O2. The van der Waals surface area contributed by atoms with Gasteiger partial charge in [0.15, 0.2) is 5.82 Å². The molecule has 3 atom stereocenters. The van der Waals surface area contributed by atoms with Crippen LogP contribution in [0.15, 0.2) is 73.1 Å². The van der Waals surface area contributed by atoms with E-state index in [4.69, 9.17) is 11.6 Å². The van der Waals surface area contributed by atoms with E-state index in [0.717, 1.165) is 6.42 Å². The van der Waals surface area contributed by atoms with Gasteiger partial charge in [-0.05, 0) is 84.2 Å². The summed E-state index contributed by atoms with van der Waals surface area (Å²) in [4.78, 5) is 31.2. The zero-order valence-corrected chi connectivity index (χ0v) is 23.2. The van der Waals surface area contributed by atoms with Crippen molar-refractivity contribution in [3.8, 4) is 17.1 Å². The first-order valence-corrected chi connectivity index (χ1v) is 13.6. The van der Waals surface area contributed by atoms with Crippen molar-refractivity contribution < 1.29 is 14.0 Å². The summed E-state index contributed by atoms with van der Waals surface area (Å²) in [5, 5.41) is 11.0. The van der Waals surface area contributed by atoms with Gasteiger partial charge in [-0.1, -0.05) is 38.4 Å². The highest BCUT2D eigenvalue weighted by Gasteiger charge is 2.68. The molecule has 2 amide bonds. The first-order chi connectivity index (χ1) is 19.1. The fourth-order valence-electron chi connectivity index (χ4n) is 6.77. The molecule has 4 aromatic rings. The minimum Gasteiger partial charge on any atom is -0.348 e. The van der Waals surface area contributed by atoms with E-state index in [9.17, 15) is 14.0 Å². The molecule has 40 heavy (non-hydrogen) atoms. The minimum atomic E-state index is -0.444. The van der Waals surface area contributed by atoms with Gasteiger partial charge in [-0.3, -0.25) is 9.59 Å². The molecule has 0 bridgehead atoms. The van der Waals surface area contributed by atoms with E-state index in [1.807, 2.05) is 6.07 Å². The number of hydrogen-bond acceptors (Lipinski definition) is 4. The van der Waals surface area contributed by atoms with Crippen LogP contribution in [0.5, 0.6) is 0 Å². The third kappa shape index (κ3) is 4.27. The van der Waals surface area contributed by atoms with E-state index in [2.05, 4.69) is 41.5 Å².